The van der Waals surface area contributed by atoms with Gasteiger partial charge in [0.2, 0.25) is 0 Å². The zero-order valence-electron chi connectivity index (χ0n) is 65.1. The van der Waals surface area contributed by atoms with E-state index in [2.05, 4.69) is 55.4 Å². The standard InChI is InChI=1S/C80H156O17P2/c1-9-72(7)58-50-42-34-28-24-25-31-37-47-55-63-80(85)96-75(66-90-77(82)60-52-44-35-29-23-19-21-27-33-41-49-57-71(5)6)68-94-98(86,87)92-64-74(81)65-93-99(88,89)95-69-76(67-91-78(83)61-53-45-39-38-43-51-59-73(8)10-2)97-79(84)62-54-46-36-30-22-18-16-14-12-11-13-15-17-20-26-32-40-48-56-70(3)4/h70-76,81H,9-69H2,1-8H3,(H,86,87)(H,88,89)/t72?,73?,74-,75-,76-/m1/s1. The summed E-state index contributed by atoms with van der Waals surface area (Å²) in [5.41, 5.74) is 0. The number of carbonyl (C=O) groups excluding carboxylic acids is 4. The fraction of sp³-hybridized carbons (Fsp3) is 0.950. The molecule has 0 saturated carbocycles. The Morgan fingerprint density at radius 1 is 0.283 bits per heavy atom. The molecule has 0 fully saturated rings. The van der Waals surface area contributed by atoms with Gasteiger partial charge >= 0.3 is 39.5 Å². The highest BCUT2D eigenvalue weighted by molar-refractivity contribution is 7.47. The van der Waals surface area contributed by atoms with Gasteiger partial charge in [-0.1, -0.05) is 357 Å². The fourth-order valence-electron chi connectivity index (χ4n) is 12.2. The second-order valence-electron chi connectivity index (χ2n) is 30.2. The van der Waals surface area contributed by atoms with Gasteiger partial charge < -0.3 is 33.8 Å². The normalized spacial score (nSPS) is 14.6. The first-order valence-electron chi connectivity index (χ1n) is 41.3. The van der Waals surface area contributed by atoms with Gasteiger partial charge in [0, 0.05) is 25.7 Å². The second kappa shape index (κ2) is 69.1. The summed E-state index contributed by atoms with van der Waals surface area (Å²) in [6.07, 6.45) is 55.5. The average molecular weight is 1450 g/mol. The van der Waals surface area contributed by atoms with Crippen LogP contribution in [-0.2, 0) is 65.4 Å². The van der Waals surface area contributed by atoms with Crippen LogP contribution in [0.5, 0.6) is 0 Å². The van der Waals surface area contributed by atoms with Crippen molar-refractivity contribution in [2.24, 2.45) is 23.7 Å². The molecule has 7 atom stereocenters. The smallest absolute Gasteiger partial charge is 0.462 e. The Kier molecular flexibility index (Phi) is 67.8. The maximum absolute atomic E-state index is 13.1. The molecular formula is C80H156O17P2. The highest BCUT2D eigenvalue weighted by Gasteiger charge is 2.30. The van der Waals surface area contributed by atoms with Gasteiger partial charge in [-0.15, -0.1) is 0 Å². The predicted molar refractivity (Wildman–Crippen MR) is 404 cm³/mol. The summed E-state index contributed by atoms with van der Waals surface area (Å²) in [5.74, 6) is 1.01. The Balaban J connectivity index is 5.21. The summed E-state index contributed by atoms with van der Waals surface area (Å²) in [4.78, 5) is 73.0. The first-order valence-corrected chi connectivity index (χ1v) is 44.3. The minimum absolute atomic E-state index is 0.106. The molecule has 0 radical (unpaired) electrons. The third-order valence-electron chi connectivity index (χ3n) is 19.3. The number of ether oxygens (including phenoxy) is 4. The Labute approximate surface area is 607 Å². The lowest BCUT2D eigenvalue weighted by atomic mass is 9.99. The summed E-state index contributed by atoms with van der Waals surface area (Å²) in [7, 11) is -9.92. The highest BCUT2D eigenvalue weighted by atomic mass is 31.2. The maximum Gasteiger partial charge on any atom is 0.472 e. The largest absolute Gasteiger partial charge is 0.472 e. The number of rotatable bonds is 77. The number of esters is 4. The third kappa shape index (κ3) is 71.5. The van der Waals surface area contributed by atoms with Crippen LogP contribution in [0, 0.1) is 23.7 Å². The van der Waals surface area contributed by atoms with Crippen LogP contribution in [0.15, 0.2) is 0 Å². The van der Waals surface area contributed by atoms with Crippen molar-refractivity contribution in [1.29, 1.82) is 0 Å². The second-order valence-corrected chi connectivity index (χ2v) is 33.1. The summed E-state index contributed by atoms with van der Waals surface area (Å²) in [6, 6.07) is 0. The number of aliphatic hydroxyl groups excluding tert-OH is 1. The van der Waals surface area contributed by atoms with Gasteiger partial charge in [0.15, 0.2) is 12.2 Å². The minimum Gasteiger partial charge on any atom is -0.462 e. The van der Waals surface area contributed by atoms with E-state index < -0.39 is 97.5 Å². The van der Waals surface area contributed by atoms with Crippen LogP contribution < -0.4 is 0 Å². The molecule has 0 aromatic rings. The lowest BCUT2D eigenvalue weighted by Crippen LogP contribution is -2.30. The van der Waals surface area contributed by atoms with E-state index in [1.807, 2.05) is 0 Å². The minimum atomic E-state index is -4.96. The monoisotopic (exact) mass is 1450 g/mol. The molecule has 0 heterocycles. The molecule has 19 heteroatoms. The molecule has 99 heavy (non-hydrogen) atoms. The lowest BCUT2D eigenvalue weighted by Gasteiger charge is -2.21. The van der Waals surface area contributed by atoms with Crippen LogP contribution in [0.2, 0.25) is 0 Å². The quantitative estimate of drug-likeness (QED) is 0.0222. The predicted octanol–water partition coefficient (Wildman–Crippen LogP) is 23.6. The van der Waals surface area contributed by atoms with E-state index in [9.17, 15) is 43.2 Å². The molecule has 0 spiro atoms. The molecule has 0 saturated heterocycles. The molecule has 0 rings (SSSR count). The van der Waals surface area contributed by atoms with Crippen LogP contribution in [-0.4, -0.2) is 96.7 Å². The summed E-state index contributed by atoms with van der Waals surface area (Å²) < 4.78 is 68.7. The van der Waals surface area contributed by atoms with E-state index in [0.717, 1.165) is 120 Å². The molecule has 0 aliphatic rings. The van der Waals surface area contributed by atoms with E-state index in [0.29, 0.717) is 25.7 Å². The van der Waals surface area contributed by atoms with Gasteiger partial charge in [-0.3, -0.25) is 37.3 Å². The van der Waals surface area contributed by atoms with Crippen molar-refractivity contribution in [2.45, 2.75) is 427 Å². The van der Waals surface area contributed by atoms with E-state index in [1.165, 1.54) is 205 Å². The molecule has 0 aliphatic heterocycles. The van der Waals surface area contributed by atoms with Gasteiger partial charge in [-0.2, -0.15) is 0 Å². The molecule has 588 valence electrons. The topological polar surface area (TPSA) is 237 Å². The van der Waals surface area contributed by atoms with Crippen LogP contribution in [0.3, 0.4) is 0 Å². The van der Waals surface area contributed by atoms with Gasteiger partial charge in [0.05, 0.1) is 26.4 Å². The number of unbranched alkanes of at least 4 members (excludes halogenated alkanes) is 41. The van der Waals surface area contributed by atoms with Crippen LogP contribution in [0.1, 0.15) is 409 Å². The fourth-order valence-corrected chi connectivity index (χ4v) is 13.8. The van der Waals surface area contributed by atoms with Crippen molar-refractivity contribution in [3.63, 3.8) is 0 Å². The van der Waals surface area contributed by atoms with E-state index in [1.54, 1.807) is 0 Å². The van der Waals surface area contributed by atoms with Gasteiger partial charge in [0.25, 0.3) is 0 Å². The zero-order valence-corrected chi connectivity index (χ0v) is 66.9. The molecule has 0 aromatic carbocycles. The molecular weight excluding hydrogens is 1290 g/mol. The summed E-state index contributed by atoms with van der Waals surface area (Å²) in [5, 5.41) is 10.6. The summed E-state index contributed by atoms with van der Waals surface area (Å²) in [6.45, 7) is 14.3. The number of phosphoric acid groups is 2. The average Bonchev–Trinajstić information content (AvgIpc) is 1.02. The van der Waals surface area contributed by atoms with Crippen molar-refractivity contribution in [2.75, 3.05) is 39.6 Å². The molecule has 0 aromatic heterocycles. The van der Waals surface area contributed by atoms with Gasteiger partial charge in [-0.05, 0) is 49.4 Å². The van der Waals surface area contributed by atoms with Gasteiger partial charge in [-0.25, -0.2) is 9.13 Å². The Morgan fingerprint density at radius 3 is 0.717 bits per heavy atom. The van der Waals surface area contributed by atoms with Crippen molar-refractivity contribution >= 4 is 39.5 Å². The van der Waals surface area contributed by atoms with Crippen molar-refractivity contribution in [3.8, 4) is 0 Å². The number of hydrogen-bond acceptors (Lipinski definition) is 15. The molecule has 0 amide bonds. The third-order valence-corrected chi connectivity index (χ3v) is 21.2. The van der Waals surface area contributed by atoms with Crippen LogP contribution in [0.25, 0.3) is 0 Å². The number of phosphoric ester groups is 2. The summed E-state index contributed by atoms with van der Waals surface area (Å²) >= 11 is 0. The maximum atomic E-state index is 13.1. The van der Waals surface area contributed by atoms with Crippen molar-refractivity contribution < 1.29 is 80.2 Å². The molecule has 4 unspecified atom stereocenters. The number of aliphatic hydroxyl groups is 1. The van der Waals surface area contributed by atoms with E-state index >= 15 is 0 Å². The lowest BCUT2D eigenvalue weighted by molar-refractivity contribution is -0.161. The molecule has 17 nitrogen and oxygen atoms in total. The van der Waals surface area contributed by atoms with Gasteiger partial charge in [0.1, 0.15) is 19.3 Å². The Bertz CT molecular complexity index is 1940. The zero-order chi connectivity index (χ0) is 73.1. The number of hydrogen-bond donors (Lipinski definition) is 3. The molecule has 3 N–H and O–H groups in total. The Hall–Kier alpha value is -1.94. The van der Waals surface area contributed by atoms with Crippen molar-refractivity contribution in [3.05, 3.63) is 0 Å². The number of carbonyl (C=O) groups is 4. The molecule has 0 bridgehead atoms. The molecule has 0 aliphatic carbocycles. The highest BCUT2D eigenvalue weighted by Crippen LogP contribution is 2.45. The van der Waals surface area contributed by atoms with Crippen LogP contribution in [0.4, 0.5) is 0 Å². The van der Waals surface area contributed by atoms with Crippen molar-refractivity contribution in [1.82, 2.24) is 0 Å². The Morgan fingerprint density at radius 2 is 0.485 bits per heavy atom. The van der Waals surface area contributed by atoms with Crippen LogP contribution >= 0.6 is 15.6 Å². The first-order chi connectivity index (χ1) is 47.7. The SMILES string of the molecule is CCC(C)CCCCCCCCCCCCC(=O)O[C@H](COC(=O)CCCCCCCCCCCCCC(C)C)COP(=O)(O)OC[C@@H](O)COP(=O)(O)OC[C@@H](COC(=O)CCCCCCCCC(C)CC)OC(=O)CCCCCCCCCCCCCCCCCCCCC(C)C. The first kappa shape index (κ1) is 97.1. The van der Waals surface area contributed by atoms with E-state index in [4.69, 9.17) is 37.0 Å². The van der Waals surface area contributed by atoms with E-state index in [-0.39, 0.29) is 25.7 Å².